The van der Waals surface area contributed by atoms with Crippen molar-refractivity contribution in [2.24, 2.45) is 0 Å². The predicted octanol–water partition coefficient (Wildman–Crippen LogP) is 0.772. The summed E-state index contributed by atoms with van der Waals surface area (Å²) >= 11 is 0. The minimum Gasteiger partial charge on any atom is -0.299 e. The summed E-state index contributed by atoms with van der Waals surface area (Å²) in [4.78, 5) is 20.7. The van der Waals surface area contributed by atoms with Gasteiger partial charge in [0.15, 0.2) is 11.6 Å². The molecule has 0 saturated carbocycles. The van der Waals surface area contributed by atoms with Crippen LogP contribution in [0.3, 0.4) is 0 Å². The maximum Gasteiger partial charge on any atom is 0.198 e. The summed E-state index contributed by atoms with van der Waals surface area (Å²) < 4.78 is 12.1. The summed E-state index contributed by atoms with van der Waals surface area (Å²) in [6.45, 7) is 0. The molecule has 0 unspecified atom stereocenters. The van der Waals surface area contributed by atoms with Crippen LogP contribution in [-0.4, -0.2) is 11.6 Å². The average molecular weight is 127 g/mol. The van der Waals surface area contributed by atoms with Crippen LogP contribution in [0.1, 0.15) is 12.8 Å². The van der Waals surface area contributed by atoms with Crippen molar-refractivity contribution in [3.05, 3.63) is 11.9 Å². The molecule has 0 N–H and O–H groups in total. The van der Waals surface area contributed by atoms with Gasteiger partial charge in [-0.15, -0.1) is 0 Å². The van der Waals surface area contributed by atoms with Gasteiger partial charge in [-0.25, -0.2) is 4.39 Å². The summed E-state index contributed by atoms with van der Waals surface area (Å²) in [7, 11) is 0. The molecule has 9 heavy (non-hydrogen) atoms. The fourth-order valence-electron chi connectivity index (χ4n) is 0.653. The van der Waals surface area contributed by atoms with Crippen molar-refractivity contribution in [3.8, 4) is 0 Å². The van der Waals surface area contributed by atoms with Gasteiger partial charge in [-0.3, -0.25) is 9.59 Å². The van der Waals surface area contributed by atoms with Crippen LogP contribution < -0.4 is 0 Å². The SMILES string of the molecule is O=C1CC=C([18F])C(=O)C1. The number of allylic oxidation sites excluding steroid dienone is 2. The van der Waals surface area contributed by atoms with E-state index >= 15 is 0 Å². The van der Waals surface area contributed by atoms with Crippen molar-refractivity contribution in [2.75, 3.05) is 0 Å². The number of rotatable bonds is 0. The van der Waals surface area contributed by atoms with Crippen molar-refractivity contribution in [3.63, 3.8) is 0 Å². The summed E-state index contributed by atoms with van der Waals surface area (Å²) in [5.41, 5.74) is 0. The molecular formula is C6H5FO2. The minimum absolute atomic E-state index is 0.0670. The molecule has 0 spiro atoms. The third-order valence-electron chi connectivity index (χ3n) is 1.13. The largest absolute Gasteiger partial charge is 0.299 e. The lowest BCUT2D eigenvalue weighted by atomic mass is 10.0. The number of halogens is 1. The summed E-state index contributed by atoms with van der Waals surface area (Å²) in [5.74, 6) is -1.66. The molecule has 0 aromatic carbocycles. The van der Waals surface area contributed by atoms with Gasteiger partial charge in [0.05, 0.1) is 6.42 Å². The number of hydrogen-bond acceptors (Lipinski definition) is 2. The van der Waals surface area contributed by atoms with Gasteiger partial charge in [0, 0.05) is 6.42 Å². The van der Waals surface area contributed by atoms with E-state index in [0.29, 0.717) is 0 Å². The third-order valence-corrected chi connectivity index (χ3v) is 1.13. The first-order chi connectivity index (χ1) is 4.20. The first kappa shape index (κ1) is 6.13. The highest BCUT2D eigenvalue weighted by Crippen LogP contribution is 2.11. The fraction of sp³-hybridized carbons (Fsp3) is 0.333. The molecule has 0 aromatic rings. The molecule has 0 aliphatic heterocycles. The van der Waals surface area contributed by atoms with Crippen LogP contribution in [0.2, 0.25) is 0 Å². The van der Waals surface area contributed by atoms with Gasteiger partial charge < -0.3 is 0 Å². The van der Waals surface area contributed by atoms with Gasteiger partial charge in [-0.2, -0.15) is 0 Å². The first-order valence-electron chi connectivity index (χ1n) is 2.60. The van der Waals surface area contributed by atoms with Crippen LogP contribution in [0.4, 0.5) is 4.39 Å². The van der Waals surface area contributed by atoms with Crippen LogP contribution in [0, 0.1) is 0 Å². The lowest BCUT2D eigenvalue weighted by Crippen LogP contribution is -2.12. The molecule has 0 atom stereocenters. The Balaban J connectivity index is 2.79. The molecule has 0 bridgehead atoms. The van der Waals surface area contributed by atoms with E-state index in [1.807, 2.05) is 0 Å². The van der Waals surface area contributed by atoms with Gasteiger partial charge in [-0.1, -0.05) is 0 Å². The van der Waals surface area contributed by atoms with Crippen molar-refractivity contribution in [1.29, 1.82) is 0 Å². The lowest BCUT2D eigenvalue weighted by Gasteiger charge is -2.01. The Hall–Kier alpha value is -0.990. The van der Waals surface area contributed by atoms with Gasteiger partial charge >= 0.3 is 0 Å². The van der Waals surface area contributed by atoms with E-state index in [1.165, 1.54) is 0 Å². The normalized spacial score (nSPS) is 19.9. The fourth-order valence-corrected chi connectivity index (χ4v) is 0.653. The number of ketones is 2. The van der Waals surface area contributed by atoms with Crippen LogP contribution in [0.5, 0.6) is 0 Å². The number of carbonyl (C=O) groups excluding carboxylic acids is 2. The second-order valence-corrected chi connectivity index (χ2v) is 1.89. The number of hydrogen-bond donors (Lipinski definition) is 0. The average Bonchev–Trinajstić information content (AvgIpc) is 1.80. The molecule has 48 valence electrons. The Morgan fingerprint density at radius 2 is 2.11 bits per heavy atom. The Labute approximate surface area is 51.4 Å². The summed E-state index contributed by atoms with van der Waals surface area (Å²) in [5, 5.41) is 0. The zero-order valence-electron chi connectivity index (χ0n) is 4.69. The molecule has 0 radical (unpaired) electrons. The first-order valence-corrected chi connectivity index (χ1v) is 2.60. The molecule has 0 heterocycles. The van der Waals surface area contributed by atoms with Gasteiger partial charge in [-0.05, 0) is 6.08 Å². The molecule has 2 nitrogen and oxygen atoms in total. The highest BCUT2D eigenvalue weighted by Gasteiger charge is 2.18. The molecular weight excluding hydrogens is 122 g/mol. The van der Waals surface area contributed by atoms with Crippen molar-refractivity contribution in [2.45, 2.75) is 12.8 Å². The van der Waals surface area contributed by atoms with Crippen molar-refractivity contribution < 1.29 is 14.0 Å². The van der Waals surface area contributed by atoms with Crippen LogP contribution in [-0.2, 0) is 9.59 Å². The molecule has 1 aliphatic carbocycles. The molecule has 0 aromatic heterocycles. The highest BCUT2D eigenvalue weighted by molar-refractivity contribution is 6.09. The zero-order chi connectivity index (χ0) is 6.85. The van der Waals surface area contributed by atoms with E-state index in [1.54, 1.807) is 0 Å². The smallest absolute Gasteiger partial charge is 0.198 e. The van der Waals surface area contributed by atoms with Gasteiger partial charge in [0.25, 0.3) is 0 Å². The second-order valence-electron chi connectivity index (χ2n) is 1.89. The van der Waals surface area contributed by atoms with Crippen LogP contribution >= 0.6 is 0 Å². The molecule has 0 amide bonds. The third kappa shape index (κ3) is 1.22. The Morgan fingerprint density at radius 3 is 2.56 bits per heavy atom. The molecule has 3 heteroatoms. The maximum absolute atomic E-state index is 12.1. The van der Waals surface area contributed by atoms with Gasteiger partial charge in [0.2, 0.25) is 0 Å². The van der Waals surface area contributed by atoms with E-state index in [4.69, 9.17) is 0 Å². The number of carbonyl (C=O) groups is 2. The summed E-state index contributed by atoms with van der Waals surface area (Å²) in [6.07, 6.45) is 0.827. The van der Waals surface area contributed by atoms with Crippen molar-refractivity contribution >= 4 is 11.6 Å². The van der Waals surface area contributed by atoms with E-state index < -0.39 is 11.6 Å². The van der Waals surface area contributed by atoms with E-state index in [-0.39, 0.29) is 18.6 Å². The number of Topliss-reactive ketones (excluding diaryl/α,β-unsaturated/α-hetero) is 2. The zero-order valence-corrected chi connectivity index (χ0v) is 4.69. The van der Waals surface area contributed by atoms with E-state index in [9.17, 15) is 14.0 Å². The Kier molecular flexibility index (Phi) is 1.42. The van der Waals surface area contributed by atoms with Crippen LogP contribution in [0.15, 0.2) is 11.9 Å². The quantitative estimate of drug-likeness (QED) is 0.450. The Bertz CT molecular complexity index is 193. The molecule has 1 rings (SSSR count). The molecule has 1 aliphatic rings. The highest BCUT2D eigenvalue weighted by atomic mass is 18.2. The predicted molar refractivity (Wildman–Crippen MR) is 28.4 cm³/mol. The maximum atomic E-state index is 12.1. The minimum atomic E-state index is -0.769. The summed E-state index contributed by atoms with van der Waals surface area (Å²) in [6, 6.07) is 0. The molecule has 0 fully saturated rings. The van der Waals surface area contributed by atoms with Gasteiger partial charge in [0.1, 0.15) is 5.78 Å². The lowest BCUT2D eigenvalue weighted by molar-refractivity contribution is -0.126. The van der Waals surface area contributed by atoms with Crippen molar-refractivity contribution in [1.82, 2.24) is 0 Å². The van der Waals surface area contributed by atoms with E-state index in [0.717, 1.165) is 6.08 Å². The molecule has 0 saturated heterocycles. The second kappa shape index (κ2) is 2.09. The standard InChI is InChI=1S/C6H5FO2/c7-5-2-1-4(8)3-6(5)9/h2H,1,3H2/i7-1. The Morgan fingerprint density at radius 1 is 1.44 bits per heavy atom. The topological polar surface area (TPSA) is 34.1 Å². The van der Waals surface area contributed by atoms with E-state index in [2.05, 4.69) is 0 Å². The van der Waals surface area contributed by atoms with Crippen LogP contribution in [0.25, 0.3) is 0 Å². The monoisotopic (exact) mass is 127 g/mol.